The smallest absolute Gasteiger partial charge is 0.225 e. The van der Waals surface area contributed by atoms with Gasteiger partial charge in [-0.25, -0.2) is 9.97 Å². The van der Waals surface area contributed by atoms with Gasteiger partial charge in [0.1, 0.15) is 0 Å². The van der Waals surface area contributed by atoms with E-state index in [4.69, 9.17) is 0 Å². The summed E-state index contributed by atoms with van der Waals surface area (Å²) in [5.41, 5.74) is 4.45. The summed E-state index contributed by atoms with van der Waals surface area (Å²) in [7, 11) is 0. The first-order chi connectivity index (χ1) is 14.5. The molecule has 0 aliphatic carbocycles. The Morgan fingerprint density at radius 1 is 0.833 bits per heavy atom. The molecule has 0 saturated carbocycles. The van der Waals surface area contributed by atoms with Gasteiger partial charge in [-0.1, -0.05) is 24.3 Å². The first-order valence-corrected chi connectivity index (χ1v) is 10.7. The zero-order chi connectivity index (χ0) is 21.1. The van der Waals surface area contributed by atoms with Crippen LogP contribution in [-0.2, 0) is 22.6 Å². The molecule has 0 atom stereocenters. The van der Waals surface area contributed by atoms with Crippen molar-refractivity contribution in [3.8, 4) is 0 Å². The second kappa shape index (κ2) is 8.81. The summed E-state index contributed by atoms with van der Waals surface area (Å²) in [6.45, 7) is 8.03. The van der Waals surface area contributed by atoms with Gasteiger partial charge in [0.15, 0.2) is 0 Å². The van der Waals surface area contributed by atoms with Crippen molar-refractivity contribution in [3.05, 3.63) is 52.8 Å². The highest BCUT2D eigenvalue weighted by atomic mass is 16.2. The molecule has 0 bridgehead atoms. The van der Waals surface area contributed by atoms with E-state index in [2.05, 4.69) is 27.0 Å². The Balaban J connectivity index is 1.25. The summed E-state index contributed by atoms with van der Waals surface area (Å²) >= 11 is 0. The van der Waals surface area contributed by atoms with E-state index in [9.17, 15) is 9.59 Å². The normalized spacial score (nSPS) is 16.4. The fourth-order valence-electron chi connectivity index (χ4n) is 4.24. The van der Waals surface area contributed by atoms with Crippen LogP contribution in [0.3, 0.4) is 0 Å². The summed E-state index contributed by atoms with van der Waals surface area (Å²) in [5, 5.41) is 0. The Morgan fingerprint density at radius 2 is 1.43 bits per heavy atom. The van der Waals surface area contributed by atoms with Crippen molar-refractivity contribution in [1.29, 1.82) is 0 Å². The highest BCUT2D eigenvalue weighted by Crippen LogP contribution is 2.20. The minimum atomic E-state index is 0.0572. The van der Waals surface area contributed by atoms with Crippen LogP contribution >= 0.6 is 0 Å². The Bertz CT molecular complexity index is 917. The molecule has 0 N–H and O–H groups in total. The molecular weight excluding hydrogens is 378 g/mol. The number of piperazine rings is 1. The van der Waals surface area contributed by atoms with Gasteiger partial charge in [-0.2, -0.15) is 0 Å². The average Bonchev–Trinajstić information content (AvgIpc) is 2.76. The fraction of sp³-hybridized carbons (Fsp3) is 0.478. The lowest BCUT2D eigenvalue weighted by molar-refractivity contribution is -0.137. The van der Waals surface area contributed by atoms with Gasteiger partial charge >= 0.3 is 0 Å². The number of carbonyl (C=O) groups excluding carboxylic acids is 2. The number of anilines is 1. The number of aromatic nitrogens is 2. The molecule has 1 aromatic heterocycles. The van der Waals surface area contributed by atoms with Gasteiger partial charge in [-0.15, -0.1) is 0 Å². The molecule has 4 rings (SSSR count). The van der Waals surface area contributed by atoms with Crippen molar-refractivity contribution in [2.24, 2.45) is 0 Å². The van der Waals surface area contributed by atoms with Crippen molar-refractivity contribution >= 4 is 17.8 Å². The van der Waals surface area contributed by atoms with Crippen molar-refractivity contribution < 1.29 is 9.59 Å². The molecule has 2 aromatic rings. The molecule has 158 valence electrons. The first kappa shape index (κ1) is 20.3. The summed E-state index contributed by atoms with van der Waals surface area (Å²) in [5.74, 6) is 0.863. The minimum Gasteiger partial charge on any atom is -0.339 e. The van der Waals surface area contributed by atoms with E-state index in [1.807, 2.05) is 41.8 Å². The number of fused-ring (bicyclic) bond motifs is 1. The maximum Gasteiger partial charge on any atom is 0.225 e. The maximum atomic E-state index is 12.6. The van der Waals surface area contributed by atoms with Gasteiger partial charge in [0, 0.05) is 63.5 Å². The lowest BCUT2D eigenvalue weighted by Crippen LogP contribution is -2.49. The van der Waals surface area contributed by atoms with Crippen LogP contribution in [0, 0.1) is 13.8 Å². The van der Waals surface area contributed by atoms with Crippen molar-refractivity contribution in [2.45, 2.75) is 39.7 Å². The van der Waals surface area contributed by atoms with Gasteiger partial charge < -0.3 is 14.7 Å². The lowest BCUT2D eigenvalue weighted by atomic mass is 9.99. The Kier molecular flexibility index (Phi) is 5.97. The van der Waals surface area contributed by atoms with Crippen LogP contribution in [0.15, 0.2) is 30.3 Å². The first-order valence-electron chi connectivity index (χ1n) is 10.7. The second-order valence-electron chi connectivity index (χ2n) is 8.15. The topological polar surface area (TPSA) is 69.6 Å². The van der Waals surface area contributed by atoms with Gasteiger partial charge in [-0.05, 0) is 37.5 Å². The molecule has 3 heterocycles. The van der Waals surface area contributed by atoms with Crippen LogP contribution in [0.25, 0.3) is 0 Å². The van der Waals surface area contributed by atoms with Crippen LogP contribution in [0.2, 0.25) is 0 Å². The number of rotatable bonds is 4. The van der Waals surface area contributed by atoms with E-state index < -0.39 is 0 Å². The molecule has 30 heavy (non-hydrogen) atoms. The van der Waals surface area contributed by atoms with Crippen molar-refractivity contribution in [1.82, 2.24) is 19.8 Å². The van der Waals surface area contributed by atoms with E-state index in [0.717, 1.165) is 30.3 Å². The van der Waals surface area contributed by atoms with Gasteiger partial charge in [0.05, 0.1) is 0 Å². The number of hydrogen-bond acceptors (Lipinski definition) is 5. The summed E-state index contributed by atoms with van der Waals surface area (Å²) < 4.78 is 0. The third-order valence-electron chi connectivity index (χ3n) is 5.92. The molecule has 0 radical (unpaired) electrons. The second-order valence-corrected chi connectivity index (χ2v) is 8.15. The van der Waals surface area contributed by atoms with Gasteiger partial charge in [0.2, 0.25) is 17.8 Å². The summed E-state index contributed by atoms with van der Waals surface area (Å²) in [6.07, 6.45) is 1.44. The molecule has 7 nitrogen and oxygen atoms in total. The highest BCUT2D eigenvalue weighted by molar-refractivity contribution is 5.84. The molecule has 1 fully saturated rings. The number of carbonyl (C=O) groups is 2. The van der Waals surface area contributed by atoms with Crippen LogP contribution in [-0.4, -0.2) is 64.3 Å². The number of amides is 2. The van der Waals surface area contributed by atoms with Gasteiger partial charge in [0.25, 0.3) is 0 Å². The van der Waals surface area contributed by atoms with E-state index in [0.29, 0.717) is 32.7 Å². The Hall–Kier alpha value is -2.96. The predicted octanol–water partition coefficient (Wildman–Crippen LogP) is 2.11. The minimum absolute atomic E-state index is 0.0572. The average molecular weight is 408 g/mol. The highest BCUT2D eigenvalue weighted by Gasteiger charge is 2.25. The Labute approximate surface area is 177 Å². The van der Waals surface area contributed by atoms with Crippen LogP contribution < -0.4 is 4.90 Å². The SMILES string of the molecule is Cc1cc(C)nc(N2CCN(C(=O)CCC(=O)N3CCc4ccccc4C3)CC2)n1. The number of nitrogens with zero attached hydrogens (tertiary/aromatic N) is 5. The maximum absolute atomic E-state index is 12.6. The molecular formula is C23H29N5O2. The fourth-order valence-corrected chi connectivity index (χ4v) is 4.24. The summed E-state index contributed by atoms with van der Waals surface area (Å²) in [4.78, 5) is 40.2. The molecule has 2 aliphatic heterocycles. The molecule has 2 aliphatic rings. The Morgan fingerprint density at radius 3 is 2.10 bits per heavy atom. The van der Waals surface area contributed by atoms with E-state index in [1.54, 1.807) is 0 Å². The monoisotopic (exact) mass is 407 g/mol. The summed E-state index contributed by atoms with van der Waals surface area (Å²) in [6, 6.07) is 10.2. The van der Waals surface area contributed by atoms with Crippen LogP contribution in [0.1, 0.15) is 35.4 Å². The van der Waals surface area contributed by atoms with Gasteiger partial charge in [-0.3, -0.25) is 9.59 Å². The third-order valence-corrected chi connectivity index (χ3v) is 5.92. The van der Waals surface area contributed by atoms with Crippen LogP contribution in [0.4, 0.5) is 5.95 Å². The number of benzene rings is 1. The molecule has 7 heteroatoms. The van der Waals surface area contributed by atoms with E-state index >= 15 is 0 Å². The van der Waals surface area contributed by atoms with Crippen molar-refractivity contribution in [3.63, 3.8) is 0 Å². The largest absolute Gasteiger partial charge is 0.339 e. The standard InChI is InChI=1S/C23H29N5O2/c1-17-15-18(2)25-23(24-17)27-13-11-26(12-14-27)21(29)7-8-22(30)28-10-9-19-5-3-4-6-20(19)16-28/h3-6,15H,7-14,16H2,1-2H3. The predicted molar refractivity (Wildman–Crippen MR) is 115 cm³/mol. The molecule has 1 saturated heterocycles. The molecule has 0 spiro atoms. The van der Waals surface area contributed by atoms with Crippen molar-refractivity contribution in [2.75, 3.05) is 37.6 Å². The lowest BCUT2D eigenvalue weighted by Gasteiger charge is -2.35. The zero-order valence-corrected chi connectivity index (χ0v) is 17.8. The quantitative estimate of drug-likeness (QED) is 0.776. The van der Waals surface area contributed by atoms with Crippen LogP contribution in [0.5, 0.6) is 0 Å². The van der Waals surface area contributed by atoms with E-state index in [-0.39, 0.29) is 24.7 Å². The zero-order valence-electron chi connectivity index (χ0n) is 17.8. The number of hydrogen-bond donors (Lipinski definition) is 0. The molecule has 0 unspecified atom stereocenters. The molecule has 1 aromatic carbocycles. The third kappa shape index (κ3) is 4.61. The number of aryl methyl sites for hydroxylation is 2. The molecule has 2 amide bonds. The van der Waals surface area contributed by atoms with E-state index in [1.165, 1.54) is 11.1 Å².